The predicted molar refractivity (Wildman–Crippen MR) is 70.0 cm³/mol. The molecular weight excluding hydrogens is 259 g/mol. The Labute approximate surface area is 109 Å². The Morgan fingerprint density at radius 1 is 1.29 bits per heavy atom. The minimum atomic E-state index is 0.383. The first-order valence-electron chi connectivity index (χ1n) is 4.91. The zero-order valence-corrected chi connectivity index (χ0v) is 10.6. The largest absolute Gasteiger partial charge is 0.496 e. The topological polar surface area (TPSA) is 27.1 Å². The van der Waals surface area contributed by atoms with Crippen molar-refractivity contribution in [1.82, 2.24) is 9.55 Å². The first-order chi connectivity index (χ1) is 8.24. The summed E-state index contributed by atoms with van der Waals surface area (Å²) in [4.78, 5) is 3.92. The van der Waals surface area contributed by atoms with Gasteiger partial charge in [0.25, 0.3) is 0 Å². The van der Waals surface area contributed by atoms with Crippen LogP contribution in [0.5, 0.6) is 5.75 Å². The molecule has 17 heavy (non-hydrogen) atoms. The highest BCUT2D eigenvalue weighted by atomic mass is 35.5. The molecule has 0 aliphatic heterocycles. The van der Waals surface area contributed by atoms with E-state index in [9.17, 15) is 0 Å². The van der Waals surface area contributed by atoms with E-state index < -0.39 is 0 Å². The second kappa shape index (κ2) is 5.25. The molecule has 88 valence electrons. The predicted octanol–water partition coefficient (Wildman–Crippen LogP) is 3.65. The molecule has 0 unspecified atom stereocenters. The molecular formula is C12H10Cl2N2O. The van der Waals surface area contributed by atoms with Gasteiger partial charge in [0.15, 0.2) is 0 Å². The maximum atomic E-state index is 6.25. The van der Waals surface area contributed by atoms with E-state index in [2.05, 4.69) is 4.98 Å². The van der Waals surface area contributed by atoms with Gasteiger partial charge in [0, 0.05) is 18.0 Å². The van der Waals surface area contributed by atoms with Crippen LogP contribution in [0.1, 0.15) is 5.56 Å². The Morgan fingerprint density at radius 3 is 2.71 bits per heavy atom. The van der Waals surface area contributed by atoms with Crippen LogP contribution in [0.4, 0.5) is 0 Å². The summed E-state index contributed by atoms with van der Waals surface area (Å²) < 4.78 is 6.87. The Balaban J connectivity index is 2.49. The van der Waals surface area contributed by atoms with Crippen LogP contribution in [-0.4, -0.2) is 16.7 Å². The zero-order chi connectivity index (χ0) is 12.3. The van der Waals surface area contributed by atoms with E-state index >= 15 is 0 Å². The van der Waals surface area contributed by atoms with E-state index in [-0.39, 0.29) is 0 Å². The summed E-state index contributed by atoms with van der Waals surface area (Å²) >= 11 is 12.4. The molecule has 0 spiro atoms. The van der Waals surface area contributed by atoms with Crippen molar-refractivity contribution in [2.45, 2.75) is 0 Å². The van der Waals surface area contributed by atoms with Crippen LogP contribution in [0.25, 0.3) is 10.2 Å². The molecule has 1 heterocycles. The van der Waals surface area contributed by atoms with Crippen LogP contribution in [0.3, 0.4) is 0 Å². The van der Waals surface area contributed by atoms with Crippen LogP contribution in [0.2, 0.25) is 0 Å². The molecule has 0 saturated carbocycles. The van der Waals surface area contributed by atoms with Gasteiger partial charge >= 0.3 is 0 Å². The summed E-state index contributed by atoms with van der Waals surface area (Å²) in [5.74, 6) is 0.677. The number of methoxy groups -OCH3 is 1. The number of hydrogen-bond acceptors (Lipinski definition) is 2. The van der Waals surface area contributed by atoms with Crippen molar-refractivity contribution in [1.29, 1.82) is 0 Å². The summed E-state index contributed by atoms with van der Waals surface area (Å²) in [6.45, 7) is 0. The lowest BCUT2D eigenvalue weighted by atomic mass is 10.2. The van der Waals surface area contributed by atoms with Crippen molar-refractivity contribution in [3.05, 3.63) is 48.5 Å². The number of hydrogen-bond donors (Lipinski definition) is 0. The van der Waals surface area contributed by atoms with Crippen molar-refractivity contribution < 1.29 is 4.74 Å². The minimum absolute atomic E-state index is 0.383. The maximum absolute atomic E-state index is 6.25. The molecule has 0 amide bonds. The SMILES string of the molecule is COc1ccccc1C(Cl)=C(Cl)n1ccnc1. The quantitative estimate of drug-likeness (QED) is 0.850. The normalized spacial score (nSPS) is 12.2. The Morgan fingerprint density at radius 2 is 2.06 bits per heavy atom. The van der Waals surface area contributed by atoms with Crippen LogP contribution in [-0.2, 0) is 0 Å². The highest BCUT2D eigenvalue weighted by molar-refractivity contribution is 6.63. The molecule has 0 N–H and O–H groups in total. The highest BCUT2D eigenvalue weighted by Gasteiger charge is 2.11. The molecule has 0 atom stereocenters. The Bertz CT molecular complexity index is 535. The zero-order valence-electron chi connectivity index (χ0n) is 9.10. The van der Waals surface area contributed by atoms with Gasteiger partial charge in [-0.3, -0.25) is 4.57 Å². The fourth-order valence-electron chi connectivity index (χ4n) is 1.43. The molecule has 1 aromatic heterocycles. The van der Waals surface area contributed by atoms with E-state index in [1.807, 2.05) is 24.3 Å². The molecule has 0 aliphatic rings. The summed E-state index contributed by atoms with van der Waals surface area (Å²) in [6.07, 6.45) is 4.94. The lowest BCUT2D eigenvalue weighted by molar-refractivity contribution is 0.414. The van der Waals surface area contributed by atoms with Gasteiger partial charge < -0.3 is 4.74 Å². The standard InChI is InChI=1S/C12H10Cl2N2O/c1-17-10-5-3-2-4-9(10)11(13)12(14)16-7-6-15-8-16/h2-8H,1H3. The average Bonchev–Trinajstić information content (AvgIpc) is 2.90. The second-order valence-corrected chi connectivity index (χ2v) is 4.01. The van der Waals surface area contributed by atoms with Gasteiger partial charge in [0.2, 0.25) is 0 Å². The van der Waals surface area contributed by atoms with Crippen LogP contribution in [0, 0.1) is 0 Å². The van der Waals surface area contributed by atoms with E-state index in [4.69, 9.17) is 27.9 Å². The molecule has 2 rings (SSSR count). The molecule has 5 heteroatoms. The van der Waals surface area contributed by atoms with Gasteiger partial charge in [-0.25, -0.2) is 4.98 Å². The summed E-state index contributed by atoms with van der Waals surface area (Å²) in [7, 11) is 1.59. The lowest BCUT2D eigenvalue weighted by Gasteiger charge is -2.09. The second-order valence-electron chi connectivity index (χ2n) is 3.28. The highest BCUT2D eigenvalue weighted by Crippen LogP contribution is 2.34. The van der Waals surface area contributed by atoms with Gasteiger partial charge in [0.1, 0.15) is 10.9 Å². The van der Waals surface area contributed by atoms with Crippen LogP contribution < -0.4 is 4.74 Å². The maximum Gasteiger partial charge on any atom is 0.133 e. The number of rotatable bonds is 3. The summed E-state index contributed by atoms with van der Waals surface area (Å²) in [6, 6.07) is 7.42. The Hall–Kier alpha value is -1.45. The van der Waals surface area contributed by atoms with E-state index in [1.54, 1.807) is 30.4 Å². The van der Waals surface area contributed by atoms with Crippen LogP contribution >= 0.6 is 23.2 Å². The molecule has 0 saturated heterocycles. The van der Waals surface area contributed by atoms with E-state index in [0.717, 1.165) is 5.56 Å². The Kier molecular flexibility index (Phi) is 3.71. The van der Waals surface area contributed by atoms with Gasteiger partial charge in [0.05, 0.1) is 18.5 Å². The van der Waals surface area contributed by atoms with E-state index in [0.29, 0.717) is 15.9 Å². The number of halogens is 2. The average molecular weight is 269 g/mol. The molecule has 0 aliphatic carbocycles. The van der Waals surface area contributed by atoms with Gasteiger partial charge in [-0.05, 0) is 12.1 Å². The van der Waals surface area contributed by atoms with Crippen molar-refractivity contribution in [3.63, 3.8) is 0 Å². The molecule has 3 nitrogen and oxygen atoms in total. The van der Waals surface area contributed by atoms with Crippen molar-refractivity contribution in [2.75, 3.05) is 7.11 Å². The third-order valence-electron chi connectivity index (χ3n) is 2.26. The third-order valence-corrected chi connectivity index (χ3v) is 3.12. The molecule has 2 aromatic rings. The number of para-hydroxylation sites is 1. The van der Waals surface area contributed by atoms with Crippen molar-refractivity contribution >= 4 is 33.4 Å². The smallest absolute Gasteiger partial charge is 0.133 e. The number of benzene rings is 1. The van der Waals surface area contributed by atoms with Crippen LogP contribution in [0.15, 0.2) is 43.0 Å². The summed E-state index contributed by atoms with van der Waals surface area (Å²) in [5.41, 5.74) is 0.746. The number of imidazole rings is 1. The monoisotopic (exact) mass is 268 g/mol. The van der Waals surface area contributed by atoms with Gasteiger partial charge in [-0.2, -0.15) is 0 Å². The van der Waals surface area contributed by atoms with E-state index in [1.165, 1.54) is 0 Å². The lowest BCUT2D eigenvalue weighted by Crippen LogP contribution is -1.93. The third kappa shape index (κ3) is 2.46. The first-order valence-corrected chi connectivity index (χ1v) is 5.66. The van der Waals surface area contributed by atoms with Gasteiger partial charge in [-0.15, -0.1) is 0 Å². The fourth-order valence-corrected chi connectivity index (χ4v) is 1.88. The number of ether oxygens (including phenoxy) is 1. The molecule has 0 fully saturated rings. The number of nitrogens with zero attached hydrogens (tertiary/aromatic N) is 2. The number of aromatic nitrogens is 2. The molecule has 1 aromatic carbocycles. The fraction of sp³-hybridized carbons (Fsp3) is 0.0833. The van der Waals surface area contributed by atoms with Gasteiger partial charge in [-0.1, -0.05) is 35.3 Å². The summed E-state index contributed by atoms with van der Waals surface area (Å²) in [5, 5.41) is 0.802. The molecule has 0 bridgehead atoms. The van der Waals surface area contributed by atoms with Crippen molar-refractivity contribution in [2.24, 2.45) is 0 Å². The molecule has 0 radical (unpaired) electrons. The minimum Gasteiger partial charge on any atom is -0.496 e. The first kappa shape index (κ1) is 12.0. The van der Waals surface area contributed by atoms with Crippen molar-refractivity contribution in [3.8, 4) is 5.75 Å².